The number of aliphatic hydroxyl groups excluding tert-OH is 1. The van der Waals surface area contributed by atoms with E-state index >= 15 is 0 Å². The Morgan fingerprint density at radius 3 is 2.34 bits per heavy atom. The van der Waals surface area contributed by atoms with Crippen molar-refractivity contribution < 1.29 is 48.5 Å². The standard InChI is InChI=1S/C34H38ClNO11/c1-8-9-16-26(35)23-24(32(40)36(16)4)27(39)22-15(29(23)43-6)11-10-14-21(22)17(37)12-19(28(14)42-5)45-30-18(38)13-20-31(25(30)33(41)44-7)47-34(2,3)46-20/h12,18,20,31,37-39H,8-11,13H2,1-7H3/t18-,20-,31-/m0/s1. The molecule has 47 heavy (non-hydrogen) atoms. The van der Waals surface area contributed by atoms with Crippen molar-refractivity contribution in [1.82, 2.24) is 4.57 Å². The van der Waals surface area contributed by atoms with Crippen LogP contribution in [0.3, 0.4) is 0 Å². The normalized spacial score (nSPS) is 21.3. The number of nitrogens with zero attached hydrogens (tertiary/aromatic N) is 1. The molecular weight excluding hydrogens is 634 g/mol. The fourth-order valence-electron chi connectivity index (χ4n) is 7.22. The van der Waals surface area contributed by atoms with Crippen molar-refractivity contribution >= 4 is 28.3 Å². The lowest BCUT2D eigenvalue weighted by atomic mass is 9.81. The molecular formula is C34H38ClNO11. The third-order valence-electron chi connectivity index (χ3n) is 9.13. The zero-order valence-corrected chi connectivity index (χ0v) is 28.0. The average molecular weight is 672 g/mol. The number of fused-ring (bicyclic) bond motifs is 5. The number of aromatic nitrogens is 1. The molecule has 1 saturated heterocycles. The number of ether oxygens (including phenoxy) is 6. The van der Waals surface area contributed by atoms with E-state index in [4.69, 9.17) is 40.0 Å². The molecule has 3 N–H and O–H groups in total. The van der Waals surface area contributed by atoms with Crippen LogP contribution in [0.15, 0.2) is 22.2 Å². The van der Waals surface area contributed by atoms with Crippen LogP contribution in [0.5, 0.6) is 28.7 Å². The Kier molecular flexibility index (Phi) is 8.36. The molecule has 0 bridgehead atoms. The van der Waals surface area contributed by atoms with Crippen LogP contribution in [0.4, 0.5) is 0 Å². The summed E-state index contributed by atoms with van der Waals surface area (Å²) in [6, 6.07) is 1.27. The van der Waals surface area contributed by atoms with Crippen molar-refractivity contribution in [2.24, 2.45) is 7.05 Å². The lowest BCUT2D eigenvalue weighted by Crippen LogP contribution is -2.41. The summed E-state index contributed by atoms with van der Waals surface area (Å²) in [6.45, 7) is 5.39. The third-order valence-corrected chi connectivity index (χ3v) is 9.54. The molecule has 0 saturated carbocycles. The third kappa shape index (κ3) is 5.00. The fourth-order valence-corrected chi connectivity index (χ4v) is 7.63. The number of aliphatic hydroxyl groups is 1. The Hall–Kier alpha value is -3.97. The number of carbonyl (C=O) groups excluding carboxylic acids is 1. The van der Waals surface area contributed by atoms with Gasteiger partial charge in [-0.3, -0.25) is 4.79 Å². The summed E-state index contributed by atoms with van der Waals surface area (Å²) in [5.74, 6) is -2.01. The second-order valence-electron chi connectivity index (χ2n) is 12.4. The van der Waals surface area contributed by atoms with E-state index in [1.165, 1.54) is 32.0 Å². The van der Waals surface area contributed by atoms with Crippen molar-refractivity contribution in [2.45, 2.75) is 77.0 Å². The minimum Gasteiger partial charge on any atom is -0.507 e. The van der Waals surface area contributed by atoms with Gasteiger partial charge in [0.1, 0.15) is 40.8 Å². The van der Waals surface area contributed by atoms with Gasteiger partial charge in [0.25, 0.3) is 5.56 Å². The number of carbonyl (C=O) groups is 1. The molecule has 1 aromatic heterocycles. The summed E-state index contributed by atoms with van der Waals surface area (Å²) in [5.41, 5.74) is 1.60. The first kappa shape index (κ1) is 33.0. The SMILES string of the molecule is CCCc1c(Cl)c2c(OC)c3c(c(O)c2c(=O)n1C)-c1c(O)cc(OC2=C(C(=O)OC)[C@H]4OC(C)(C)O[C@H]4C[C@@H]2O)c(OC)c1CC3. The maximum atomic E-state index is 13.7. The molecule has 0 amide bonds. The molecule has 2 aromatic carbocycles. The molecule has 12 nitrogen and oxygen atoms in total. The lowest BCUT2D eigenvalue weighted by Gasteiger charge is -2.31. The highest BCUT2D eigenvalue weighted by molar-refractivity contribution is 6.37. The Labute approximate surface area is 276 Å². The molecule has 13 heteroatoms. The van der Waals surface area contributed by atoms with Gasteiger partial charge < -0.3 is 48.3 Å². The number of esters is 1. The topological polar surface area (TPSA) is 155 Å². The highest BCUT2D eigenvalue weighted by atomic mass is 35.5. The number of phenolic OH excluding ortho intramolecular Hbond substituents is 2. The van der Waals surface area contributed by atoms with Crippen LogP contribution in [0.2, 0.25) is 5.02 Å². The molecule has 0 spiro atoms. The minimum absolute atomic E-state index is 0.00897. The van der Waals surface area contributed by atoms with E-state index in [0.29, 0.717) is 52.2 Å². The molecule has 252 valence electrons. The van der Waals surface area contributed by atoms with Gasteiger partial charge in [-0.1, -0.05) is 24.9 Å². The van der Waals surface area contributed by atoms with Gasteiger partial charge in [0.05, 0.1) is 43.2 Å². The van der Waals surface area contributed by atoms with Crippen LogP contribution < -0.4 is 19.8 Å². The van der Waals surface area contributed by atoms with Gasteiger partial charge in [0.2, 0.25) is 0 Å². The van der Waals surface area contributed by atoms with E-state index in [0.717, 1.165) is 6.42 Å². The Balaban J connectivity index is 1.57. The fraction of sp³-hybridized carbons (Fsp3) is 0.471. The van der Waals surface area contributed by atoms with E-state index in [9.17, 15) is 24.9 Å². The van der Waals surface area contributed by atoms with Crippen molar-refractivity contribution in [3.05, 3.63) is 49.6 Å². The number of hydrogen-bond donors (Lipinski definition) is 3. The molecule has 1 fully saturated rings. The summed E-state index contributed by atoms with van der Waals surface area (Å²) in [5, 5.41) is 35.1. The van der Waals surface area contributed by atoms with Gasteiger partial charge in [0.15, 0.2) is 17.3 Å². The molecule has 0 radical (unpaired) electrons. The predicted molar refractivity (Wildman–Crippen MR) is 172 cm³/mol. The van der Waals surface area contributed by atoms with Crippen LogP contribution in [0, 0.1) is 0 Å². The van der Waals surface area contributed by atoms with Gasteiger partial charge >= 0.3 is 5.97 Å². The maximum absolute atomic E-state index is 13.7. The average Bonchev–Trinajstić information content (AvgIpc) is 3.34. The van der Waals surface area contributed by atoms with Crippen molar-refractivity contribution in [1.29, 1.82) is 0 Å². The van der Waals surface area contributed by atoms with E-state index in [-0.39, 0.29) is 57.3 Å². The summed E-state index contributed by atoms with van der Waals surface area (Å²) < 4.78 is 36.2. The number of benzene rings is 2. The van der Waals surface area contributed by atoms with Gasteiger partial charge in [-0.25, -0.2) is 4.79 Å². The van der Waals surface area contributed by atoms with Gasteiger partial charge in [-0.15, -0.1) is 0 Å². The van der Waals surface area contributed by atoms with Gasteiger partial charge in [-0.05, 0) is 33.1 Å². The summed E-state index contributed by atoms with van der Waals surface area (Å²) in [6.07, 6.45) is -0.757. The monoisotopic (exact) mass is 671 g/mol. The predicted octanol–water partition coefficient (Wildman–Crippen LogP) is 4.43. The van der Waals surface area contributed by atoms with E-state index < -0.39 is 35.6 Å². The van der Waals surface area contributed by atoms with Crippen LogP contribution in [0.1, 0.15) is 50.4 Å². The Morgan fingerprint density at radius 1 is 1.06 bits per heavy atom. The molecule has 3 aliphatic rings. The summed E-state index contributed by atoms with van der Waals surface area (Å²) in [7, 11) is 5.70. The maximum Gasteiger partial charge on any atom is 0.340 e. The van der Waals surface area contributed by atoms with Crippen molar-refractivity contribution in [2.75, 3.05) is 21.3 Å². The minimum atomic E-state index is -1.27. The van der Waals surface area contributed by atoms with Gasteiger partial charge in [-0.2, -0.15) is 0 Å². The second kappa shape index (κ2) is 11.9. The first-order valence-corrected chi connectivity index (χ1v) is 15.8. The number of halogens is 1. The van der Waals surface area contributed by atoms with E-state index in [2.05, 4.69) is 0 Å². The van der Waals surface area contributed by atoms with Crippen LogP contribution in [-0.4, -0.2) is 71.3 Å². The number of methoxy groups -OCH3 is 3. The van der Waals surface area contributed by atoms with Crippen molar-refractivity contribution in [3.63, 3.8) is 0 Å². The highest BCUT2D eigenvalue weighted by Gasteiger charge is 2.51. The van der Waals surface area contributed by atoms with Crippen LogP contribution in [-0.2, 0) is 45.3 Å². The zero-order valence-electron chi connectivity index (χ0n) is 27.3. The zero-order chi connectivity index (χ0) is 34.1. The van der Waals surface area contributed by atoms with Crippen LogP contribution >= 0.6 is 11.6 Å². The number of rotatable bonds is 7. The quantitative estimate of drug-likeness (QED) is 0.306. The molecule has 2 aliphatic carbocycles. The van der Waals surface area contributed by atoms with Crippen molar-refractivity contribution in [3.8, 4) is 39.9 Å². The molecule has 2 heterocycles. The number of phenols is 2. The molecule has 3 atom stereocenters. The van der Waals surface area contributed by atoms with E-state index in [1.54, 1.807) is 20.9 Å². The second-order valence-corrected chi connectivity index (χ2v) is 12.7. The Bertz CT molecular complexity index is 1910. The first-order chi connectivity index (χ1) is 22.3. The molecule has 6 rings (SSSR count). The Morgan fingerprint density at radius 2 is 1.72 bits per heavy atom. The number of pyridine rings is 1. The molecule has 3 aromatic rings. The molecule has 0 unspecified atom stereocenters. The number of hydrogen-bond acceptors (Lipinski definition) is 11. The molecule has 1 aliphatic heterocycles. The summed E-state index contributed by atoms with van der Waals surface area (Å²) >= 11 is 6.88. The van der Waals surface area contributed by atoms with Crippen LogP contribution in [0.25, 0.3) is 21.9 Å². The summed E-state index contributed by atoms with van der Waals surface area (Å²) in [4.78, 5) is 26.7. The lowest BCUT2D eigenvalue weighted by molar-refractivity contribution is -0.147. The highest BCUT2D eigenvalue weighted by Crippen LogP contribution is 2.56. The smallest absolute Gasteiger partial charge is 0.340 e. The largest absolute Gasteiger partial charge is 0.507 e. The van der Waals surface area contributed by atoms with E-state index in [1.807, 2.05) is 6.92 Å². The first-order valence-electron chi connectivity index (χ1n) is 15.4. The number of aromatic hydroxyl groups is 2. The van der Waals surface area contributed by atoms with Gasteiger partial charge in [0, 0.05) is 47.5 Å².